The molecule has 2 aliphatic heterocycles. The lowest BCUT2D eigenvalue weighted by atomic mass is 10.1. The Morgan fingerprint density at radius 1 is 1.11 bits per heavy atom. The van der Waals surface area contributed by atoms with E-state index in [0.29, 0.717) is 31.7 Å². The molecule has 1 N–H and O–H groups in total. The predicted molar refractivity (Wildman–Crippen MR) is 101 cm³/mol. The third-order valence-corrected chi connectivity index (χ3v) is 4.78. The van der Waals surface area contributed by atoms with E-state index in [1.807, 2.05) is 48.5 Å². The molecule has 0 bridgehead atoms. The molecule has 0 radical (unpaired) electrons. The van der Waals surface area contributed by atoms with Crippen LogP contribution in [-0.4, -0.2) is 37.6 Å². The molecule has 1 atom stereocenters. The Kier molecular flexibility index (Phi) is 4.96. The Hall–Kier alpha value is -3.02. The summed E-state index contributed by atoms with van der Waals surface area (Å²) >= 11 is 0. The highest BCUT2D eigenvalue weighted by Crippen LogP contribution is 2.30. The van der Waals surface area contributed by atoms with Crippen molar-refractivity contribution in [2.45, 2.75) is 25.4 Å². The topological polar surface area (TPSA) is 67.9 Å². The number of nitrogens with zero attached hydrogens (tertiary/aromatic N) is 1. The standard InChI is InChI=1S/C21H22N2O4/c24-20(22-13-17-14-26-18-4-1-2-5-19(18)27-17)12-15-7-9-16(10-8-15)23-11-3-6-21(23)25/h1-2,4-5,7-10,17H,3,6,11-14H2,(H,22,24)/t17-/m0/s1. The van der Waals surface area contributed by atoms with Crippen molar-refractivity contribution in [2.75, 3.05) is 24.6 Å². The van der Waals surface area contributed by atoms with Crippen molar-refractivity contribution in [3.8, 4) is 11.5 Å². The number of amides is 2. The van der Waals surface area contributed by atoms with E-state index in [0.717, 1.165) is 30.0 Å². The van der Waals surface area contributed by atoms with E-state index in [4.69, 9.17) is 9.47 Å². The first-order chi connectivity index (χ1) is 13.2. The molecule has 2 amide bonds. The maximum atomic E-state index is 12.2. The first kappa shape index (κ1) is 17.4. The van der Waals surface area contributed by atoms with Crippen molar-refractivity contribution in [1.82, 2.24) is 5.32 Å². The van der Waals surface area contributed by atoms with Gasteiger partial charge in [-0.3, -0.25) is 9.59 Å². The van der Waals surface area contributed by atoms with Gasteiger partial charge in [0.05, 0.1) is 13.0 Å². The Balaban J connectivity index is 1.27. The molecule has 2 aromatic carbocycles. The number of fused-ring (bicyclic) bond motifs is 1. The summed E-state index contributed by atoms with van der Waals surface area (Å²) in [6.07, 6.45) is 1.60. The lowest BCUT2D eigenvalue weighted by Gasteiger charge is -2.26. The number of carbonyl (C=O) groups excluding carboxylic acids is 2. The molecule has 4 rings (SSSR count). The summed E-state index contributed by atoms with van der Waals surface area (Å²) in [6.45, 7) is 1.58. The van der Waals surface area contributed by atoms with E-state index >= 15 is 0 Å². The van der Waals surface area contributed by atoms with Crippen molar-refractivity contribution >= 4 is 17.5 Å². The summed E-state index contributed by atoms with van der Waals surface area (Å²) in [6, 6.07) is 15.1. The average Bonchev–Trinajstić information content (AvgIpc) is 3.13. The Morgan fingerprint density at radius 2 is 1.89 bits per heavy atom. The van der Waals surface area contributed by atoms with Gasteiger partial charge < -0.3 is 19.7 Å². The van der Waals surface area contributed by atoms with E-state index in [2.05, 4.69) is 5.32 Å². The minimum Gasteiger partial charge on any atom is -0.486 e. The maximum absolute atomic E-state index is 12.2. The molecule has 140 valence electrons. The van der Waals surface area contributed by atoms with Crippen LogP contribution in [0.5, 0.6) is 11.5 Å². The molecule has 0 aromatic heterocycles. The highest BCUT2D eigenvalue weighted by molar-refractivity contribution is 5.95. The number of nitrogens with one attached hydrogen (secondary N) is 1. The maximum Gasteiger partial charge on any atom is 0.227 e. The zero-order valence-corrected chi connectivity index (χ0v) is 15.0. The summed E-state index contributed by atoms with van der Waals surface area (Å²) in [7, 11) is 0. The molecule has 2 aromatic rings. The normalized spacial score (nSPS) is 18.4. The molecule has 0 unspecified atom stereocenters. The zero-order valence-electron chi connectivity index (χ0n) is 15.0. The second kappa shape index (κ2) is 7.70. The van der Waals surface area contributed by atoms with Gasteiger partial charge in [0.2, 0.25) is 11.8 Å². The van der Waals surface area contributed by atoms with Crippen molar-refractivity contribution in [3.63, 3.8) is 0 Å². The predicted octanol–water partition coefficient (Wildman–Crippen LogP) is 2.31. The molecule has 6 heteroatoms. The molecule has 2 heterocycles. The van der Waals surface area contributed by atoms with E-state index in [9.17, 15) is 9.59 Å². The SMILES string of the molecule is O=C(Cc1ccc(N2CCCC2=O)cc1)NC[C@H]1COc2ccccc2O1. The van der Waals surface area contributed by atoms with E-state index in [1.165, 1.54) is 0 Å². The minimum atomic E-state index is -0.201. The third kappa shape index (κ3) is 4.05. The number of benzene rings is 2. The molecule has 6 nitrogen and oxygen atoms in total. The first-order valence-corrected chi connectivity index (χ1v) is 9.23. The number of hydrogen-bond donors (Lipinski definition) is 1. The van der Waals surface area contributed by atoms with Gasteiger partial charge in [0, 0.05) is 18.7 Å². The average molecular weight is 366 g/mol. The zero-order chi connectivity index (χ0) is 18.6. The largest absolute Gasteiger partial charge is 0.486 e. The number of anilines is 1. The van der Waals surface area contributed by atoms with Crippen LogP contribution in [0.2, 0.25) is 0 Å². The van der Waals surface area contributed by atoms with Gasteiger partial charge in [-0.1, -0.05) is 24.3 Å². The van der Waals surface area contributed by atoms with Crippen LogP contribution in [0.3, 0.4) is 0 Å². The summed E-state index contributed by atoms with van der Waals surface area (Å²) in [5, 5.41) is 2.90. The smallest absolute Gasteiger partial charge is 0.227 e. The van der Waals surface area contributed by atoms with Crippen molar-refractivity contribution in [2.24, 2.45) is 0 Å². The molecule has 0 spiro atoms. The van der Waals surface area contributed by atoms with E-state index in [-0.39, 0.29) is 17.9 Å². The molecule has 0 saturated carbocycles. The van der Waals surface area contributed by atoms with Gasteiger partial charge in [-0.15, -0.1) is 0 Å². The summed E-state index contributed by atoms with van der Waals surface area (Å²) < 4.78 is 11.5. The highest BCUT2D eigenvalue weighted by atomic mass is 16.6. The summed E-state index contributed by atoms with van der Waals surface area (Å²) in [5.41, 5.74) is 1.81. The van der Waals surface area contributed by atoms with Crippen molar-refractivity contribution in [1.29, 1.82) is 0 Å². The summed E-state index contributed by atoms with van der Waals surface area (Å²) in [4.78, 5) is 25.8. The van der Waals surface area contributed by atoms with E-state index in [1.54, 1.807) is 4.90 Å². The molecule has 1 fully saturated rings. The van der Waals surface area contributed by atoms with Gasteiger partial charge >= 0.3 is 0 Å². The third-order valence-electron chi connectivity index (χ3n) is 4.78. The lowest BCUT2D eigenvalue weighted by Crippen LogP contribution is -2.41. The molecule has 2 aliphatic rings. The fraction of sp³-hybridized carbons (Fsp3) is 0.333. The second-order valence-corrected chi connectivity index (χ2v) is 6.79. The van der Waals surface area contributed by atoms with Crippen LogP contribution in [0.4, 0.5) is 5.69 Å². The fourth-order valence-electron chi connectivity index (χ4n) is 3.35. The molecular formula is C21H22N2O4. The number of ether oxygens (including phenoxy) is 2. The van der Waals surface area contributed by atoms with Gasteiger partial charge in [-0.25, -0.2) is 0 Å². The van der Waals surface area contributed by atoms with Crippen LogP contribution >= 0.6 is 0 Å². The van der Waals surface area contributed by atoms with Crippen LogP contribution in [0.1, 0.15) is 18.4 Å². The van der Waals surface area contributed by atoms with Crippen LogP contribution in [0.25, 0.3) is 0 Å². The van der Waals surface area contributed by atoms with Crippen LogP contribution < -0.4 is 19.7 Å². The van der Waals surface area contributed by atoms with Crippen LogP contribution in [-0.2, 0) is 16.0 Å². The monoisotopic (exact) mass is 366 g/mol. The first-order valence-electron chi connectivity index (χ1n) is 9.23. The molecule has 0 aliphatic carbocycles. The van der Waals surface area contributed by atoms with Crippen molar-refractivity contribution < 1.29 is 19.1 Å². The Labute approximate surface area is 158 Å². The van der Waals surface area contributed by atoms with Crippen LogP contribution in [0.15, 0.2) is 48.5 Å². The van der Waals surface area contributed by atoms with Crippen molar-refractivity contribution in [3.05, 3.63) is 54.1 Å². The van der Waals surface area contributed by atoms with Gasteiger partial charge in [0.1, 0.15) is 12.7 Å². The second-order valence-electron chi connectivity index (χ2n) is 6.79. The number of carbonyl (C=O) groups is 2. The van der Waals surface area contributed by atoms with Gasteiger partial charge in [-0.2, -0.15) is 0 Å². The molecular weight excluding hydrogens is 344 g/mol. The quantitative estimate of drug-likeness (QED) is 0.882. The minimum absolute atomic E-state index is 0.0672. The molecule has 1 saturated heterocycles. The number of hydrogen-bond acceptors (Lipinski definition) is 4. The van der Waals surface area contributed by atoms with Gasteiger partial charge in [0.15, 0.2) is 11.5 Å². The molecule has 27 heavy (non-hydrogen) atoms. The number of para-hydroxylation sites is 2. The van der Waals surface area contributed by atoms with Crippen LogP contribution in [0, 0.1) is 0 Å². The van der Waals surface area contributed by atoms with Gasteiger partial charge in [-0.05, 0) is 36.2 Å². The number of rotatable bonds is 5. The fourth-order valence-corrected chi connectivity index (χ4v) is 3.35. The Bertz CT molecular complexity index is 834. The Morgan fingerprint density at radius 3 is 2.63 bits per heavy atom. The highest BCUT2D eigenvalue weighted by Gasteiger charge is 2.22. The lowest BCUT2D eigenvalue weighted by molar-refractivity contribution is -0.121. The van der Waals surface area contributed by atoms with E-state index < -0.39 is 0 Å². The van der Waals surface area contributed by atoms with Gasteiger partial charge in [0.25, 0.3) is 0 Å². The summed E-state index contributed by atoms with van der Waals surface area (Å²) in [5.74, 6) is 1.53.